The third kappa shape index (κ3) is 3.04. The van der Waals surface area contributed by atoms with Crippen molar-refractivity contribution < 1.29 is 23.7 Å². The highest BCUT2D eigenvalue weighted by Gasteiger charge is 2.46. The van der Waals surface area contributed by atoms with Crippen LogP contribution in [0.3, 0.4) is 0 Å². The van der Waals surface area contributed by atoms with E-state index >= 15 is 0 Å². The van der Waals surface area contributed by atoms with Crippen LogP contribution in [-0.4, -0.2) is 50.4 Å². The molecule has 0 bridgehead atoms. The molecule has 2 aromatic rings. The molecule has 29 heavy (non-hydrogen) atoms. The highest BCUT2D eigenvalue weighted by Crippen LogP contribution is 2.41. The minimum absolute atomic E-state index is 0.0815. The molecular formula is C21H22N2O5S. The van der Waals surface area contributed by atoms with Crippen molar-refractivity contribution in [2.45, 2.75) is 19.0 Å². The molecule has 2 aromatic carbocycles. The summed E-state index contributed by atoms with van der Waals surface area (Å²) in [6.07, 6.45) is 0.539. The maximum atomic E-state index is 13.4. The minimum atomic E-state index is -0.371. The molecule has 1 unspecified atom stereocenters. The van der Waals surface area contributed by atoms with E-state index in [2.05, 4.69) is 0 Å². The molecule has 1 amide bonds. The van der Waals surface area contributed by atoms with Gasteiger partial charge in [-0.05, 0) is 47.6 Å². The lowest BCUT2D eigenvalue weighted by molar-refractivity contribution is -0.120. The molecule has 0 radical (unpaired) electrons. The predicted octanol–water partition coefficient (Wildman–Crippen LogP) is 2.78. The molecule has 2 heterocycles. The number of nitrogens with zero attached hydrogens (tertiary/aromatic N) is 2. The zero-order valence-electron chi connectivity index (χ0n) is 16.7. The molecule has 0 aliphatic carbocycles. The van der Waals surface area contributed by atoms with E-state index in [4.69, 9.17) is 31.2 Å². The van der Waals surface area contributed by atoms with Gasteiger partial charge in [0.15, 0.2) is 16.6 Å². The van der Waals surface area contributed by atoms with Gasteiger partial charge in [0.05, 0.1) is 34.1 Å². The summed E-state index contributed by atoms with van der Waals surface area (Å²) in [5.74, 6) is 2.41. The van der Waals surface area contributed by atoms with Crippen LogP contribution < -0.4 is 23.8 Å². The van der Waals surface area contributed by atoms with E-state index < -0.39 is 0 Å². The normalized spacial score (nSPS) is 17.7. The lowest BCUT2D eigenvalue weighted by atomic mass is 9.94. The van der Waals surface area contributed by atoms with Crippen molar-refractivity contribution in [2.75, 3.05) is 33.3 Å². The van der Waals surface area contributed by atoms with E-state index in [9.17, 15) is 4.79 Å². The first kappa shape index (κ1) is 19.3. The van der Waals surface area contributed by atoms with Gasteiger partial charge in [-0.2, -0.15) is 0 Å². The van der Waals surface area contributed by atoms with Crippen molar-refractivity contribution in [1.29, 1.82) is 0 Å². The molecule has 0 saturated carbocycles. The second-order valence-electron chi connectivity index (χ2n) is 6.82. The van der Waals surface area contributed by atoms with E-state index in [0.717, 1.165) is 11.1 Å². The summed E-state index contributed by atoms with van der Waals surface area (Å²) >= 11 is 5.70. The van der Waals surface area contributed by atoms with Gasteiger partial charge < -0.3 is 23.8 Å². The lowest BCUT2D eigenvalue weighted by Gasteiger charge is -2.31. The Bertz CT molecular complexity index is 942. The summed E-state index contributed by atoms with van der Waals surface area (Å²) in [5.41, 5.74) is 2.70. The average Bonchev–Trinajstić information content (AvgIpc) is 2.99. The summed E-state index contributed by atoms with van der Waals surface area (Å²) in [6.45, 7) is 0.522. The number of benzene rings is 2. The molecule has 0 spiro atoms. The third-order valence-electron chi connectivity index (χ3n) is 5.41. The number of hydrogen-bond acceptors (Lipinski definition) is 6. The monoisotopic (exact) mass is 414 g/mol. The van der Waals surface area contributed by atoms with Crippen molar-refractivity contribution >= 4 is 28.9 Å². The number of thiocarbonyl (C=S) groups is 1. The quantitative estimate of drug-likeness (QED) is 0.697. The van der Waals surface area contributed by atoms with Gasteiger partial charge in [-0.1, -0.05) is 0 Å². The fourth-order valence-corrected chi connectivity index (χ4v) is 4.28. The van der Waals surface area contributed by atoms with Crippen LogP contribution in [0.25, 0.3) is 0 Å². The average molecular weight is 414 g/mol. The first-order valence-electron chi connectivity index (χ1n) is 9.12. The summed E-state index contributed by atoms with van der Waals surface area (Å²) in [5, 5.41) is 0.451. The predicted molar refractivity (Wildman–Crippen MR) is 112 cm³/mol. The second kappa shape index (κ2) is 7.44. The van der Waals surface area contributed by atoms with E-state index in [-0.39, 0.29) is 11.9 Å². The molecule has 2 aliphatic heterocycles. The van der Waals surface area contributed by atoms with Crippen LogP contribution in [0, 0.1) is 0 Å². The molecule has 8 heteroatoms. The fraction of sp³-hybridized carbons (Fsp3) is 0.333. The van der Waals surface area contributed by atoms with Gasteiger partial charge in [-0.25, -0.2) is 0 Å². The van der Waals surface area contributed by atoms with Gasteiger partial charge in [0.2, 0.25) is 0 Å². The van der Waals surface area contributed by atoms with Crippen LogP contribution in [0.4, 0.5) is 5.69 Å². The number of carbonyl (C=O) groups is 1. The van der Waals surface area contributed by atoms with E-state index in [1.54, 1.807) is 51.5 Å². The highest BCUT2D eigenvalue weighted by molar-refractivity contribution is 7.80. The van der Waals surface area contributed by atoms with Crippen molar-refractivity contribution in [1.82, 2.24) is 4.90 Å². The molecule has 0 N–H and O–H groups in total. The molecule has 2 aliphatic rings. The standard InChI is InChI=1S/C21H22N2O5S/c1-25-14-5-6-17(26-2)15(10-14)23-20(24)16-7-12-8-18(27-3)19(28-4)9-13(12)11-22(16)21(23)29/h5-6,8-10,16H,7,11H2,1-4H3. The zero-order chi connectivity index (χ0) is 20.7. The van der Waals surface area contributed by atoms with Crippen molar-refractivity contribution in [3.05, 3.63) is 41.5 Å². The Morgan fingerprint density at radius 1 is 0.897 bits per heavy atom. The first-order valence-corrected chi connectivity index (χ1v) is 9.53. The van der Waals surface area contributed by atoms with E-state index in [1.165, 1.54) is 0 Å². The van der Waals surface area contributed by atoms with Gasteiger partial charge in [-0.15, -0.1) is 0 Å². The first-order chi connectivity index (χ1) is 14.0. The Morgan fingerprint density at radius 3 is 2.17 bits per heavy atom. The van der Waals surface area contributed by atoms with Crippen LogP contribution in [0.15, 0.2) is 30.3 Å². The van der Waals surface area contributed by atoms with Gasteiger partial charge in [0.1, 0.15) is 17.5 Å². The summed E-state index contributed by atoms with van der Waals surface area (Å²) < 4.78 is 21.6. The second-order valence-corrected chi connectivity index (χ2v) is 7.18. The van der Waals surface area contributed by atoms with E-state index in [1.807, 2.05) is 17.0 Å². The van der Waals surface area contributed by atoms with Crippen LogP contribution in [0.1, 0.15) is 11.1 Å². The van der Waals surface area contributed by atoms with Crippen molar-refractivity contribution in [3.8, 4) is 23.0 Å². The van der Waals surface area contributed by atoms with Crippen LogP contribution >= 0.6 is 12.2 Å². The Morgan fingerprint density at radius 2 is 1.55 bits per heavy atom. The molecule has 4 rings (SSSR count). The molecular weight excluding hydrogens is 392 g/mol. The maximum absolute atomic E-state index is 13.4. The lowest BCUT2D eigenvalue weighted by Crippen LogP contribution is -2.40. The fourth-order valence-electron chi connectivity index (χ4n) is 3.90. The van der Waals surface area contributed by atoms with Gasteiger partial charge in [0.25, 0.3) is 5.91 Å². The molecule has 1 atom stereocenters. The van der Waals surface area contributed by atoms with Gasteiger partial charge in [-0.3, -0.25) is 9.69 Å². The van der Waals surface area contributed by atoms with Crippen molar-refractivity contribution in [3.63, 3.8) is 0 Å². The number of rotatable bonds is 5. The molecule has 7 nitrogen and oxygen atoms in total. The Balaban J connectivity index is 1.73. The topological polar surface area (TPSA) is 60.5 Å². The molecule has 0 aromatic heterocycles. The minimum Gasteiger partial charge on any atom is -0.497 e. The molecule has 1 fully saturated rings. The number of anilines is 1. The molecule has 152 valence electrons. The number of ether oxygens (including phenoxy) is 4. The Hall–Kier alpha value is -3.00. The van der Waals surface area contributed by atoms with Crippen LogP contribution in [-0.2, 0) is 17.8 Å². The number of amides is 1. The summed E-state index contributed by atoms with van der Waals surface area (Å²) in [7, 11) is 6.36. The highest BCUT2D eigenvalue weighted by atomic mass is 32.1. The number of methoxy groups -OCH3 is 4. The summed E-state index contributed by atoms with van der Waals surface area (Å²) in [6, 6.07) is 8.84. The van der Waals surface area contributed by atoms with Crippen molar-refractivity contribution in [2.24, 2.45) is 0 Å². The number of fused-ring (bicyclic) bond motifs is 2. The largest absolute Gasteiger partial charge is 0.497 e. The van der Waals surface area contributed by atoms with Crippen LogP contribution in [0.2, 0.25) is 0 Å². The molecule has 1 saturated heterocycles. The zero-order valence-corrected chi connectivity index (χ0v) is 17.5. The van der Waals surface area contributed by atoms with Gasteiger partial charge in [0, 0.05) is 19.0 Å². The number of carbonyl (C=O) groups excluding carboxylic acids is 1. The van der Waals surface area contributed by atoms with Crippen LogP contribution in [0.5, 0.6) is 23.0 Å². The smallest absolute Gasteiger partial charge is 0.256 e. The van der Waals surface area contributed by atoms with Gasteiger partial charge >= 0.3 is 0 Å². The third-order valence-corrected chi connectivity index (χ3v) is 5.82. The SMILES string of the molecule is COc1ccc(OC)c(N2C(=O)C3Cc4cc(OC)c(OC)cc4CN3C2=S)c1. The summed E-state index contributed by atoms with van der Waals surface area (Å²) in [4.78, 5) is 16.8. The Labute approximate surface area is 174 Å². The number of hydrogen-bond donors (Lipinski definition) is 0. The Kier molecular flexibility index (Phi) is 4.96. The van der Waals surface area contributed by atoms with E-state index in [0.29, 0.717) is 46.8 Å². The maximum Gasteiger partial charge on any atom is 0.256 e.